The number of aromatic nitrogens is 1. The molecule has 0 unspecified atom stereocenters. The predicted octanol–water partition coefficient (Wildman–Crippen LogP) is 6.89. The highest BCUT2D eigenvalue weighted by molar-refractivity contribution is 7.21. The van der Waals surface area contributed by atoms with Crippen LogP contribution in [0.5, 0.6) is 5.75 Å². The van der Waals surface area contributed by atoms with Gasteiger partial charge >= 0.3 is 5.97 Å². The molecule has 28 heavy (non-hydrogen) atoms. The Morgan fingerprint density at radius 2 is 1.82 bits per heavy atom. The molecule has 4 rings (SSSR count). The summed E-state index contributed by atoms with van der Waals surface area (Å²) in [6, 6.07) is 19.5. The number of ether oxygens (including phenoxy) is 1. The molecule has 0 atom stereocenters. The van der Waals surface area contributed by atoms with Crippen molar-refractivity contribution >= 4 is 49.9 Å². The Hall–Kier alpha value is -3.09. The molecule has 0 N–H and O–H groups in total. The predicted molar refractivity (Wildman–Crippen MR) is 111 cm³/mol. The second-order valence-electron chi connectivity index (χ2n) is 6.03. The molecule has 0 fully saturated rings. The summed E-state index contributed by atoms with van der Waals surface area (Å²) in [6.07, 6.45) is 0. The van der Waals surface area contributed by atoms with Crippen LogP contribution in [-0.2, 0) is 0 Å². The molecular formula is C21H14ClN3O2S. The summed E-state index contributed by atoms with van der Waals surface area (Å²) in [5.41, 5.74) is 2.89. The number of carbonyl (C=O) groups is 1. The molecular weight excluding hydrogens is 394 g/mol. The third kappa shape index (κ3) is 4.08. The number of para-hydroxylation sites is 1. The zero-order chi connectivity index (χ0) is 19.5. The van der Waals surface area contributed by atoms with E-state index >= 15 is 0 Å². The summed E-state index contributed by atoms with van der Waals surface area (Å²) in [4.78, 5) is 16.8. The van der Waals surface area contributed by atoms with Gasteiger partial charge in [-0.1, -0.05) is 41.1 Å². The number of fused-ring (bicyclic) bond motifs is 1. The molecule has 0 aliphatic heterocycles. The average molecular weight is 408 g/mol. The van der Waals surface area contributed by atoms with E-state index in [9.17, 15) is 4.79 Å². The molecule has 0 saturated carbocycles. The van der Waals surface area contributed by atoms with Crippen LogP contribution in [0, 0.1) is 6.92 Å². The lowest BCUT2D eigenvalue weighted by Crippen LogP contribution is -2.08. The number of esters is 1. The minimum absolute atomic E-state index is 0.322. The van der Waals surface area contributed by atoms with Gasteiger partial charge in [0, 0.05) is 5.02 Å². The van der Waals surface area contributed by atoms with Crippen LogP contribution in [0.15, 0.2) is 77.0 Å². The quantitative estimate of drug-likeness (QED) is 0.210. The van der Waals surface area contributed by atoms with Crippen LogP contribution in [0.4, 0.5) is 10.8 Å². The lowest BCUT2D eigenvalue weighted by Gasteiger charge is -2.06. The van der Waals surface area contributed by atoms with E-state index in [1.165, 1.54) is 16.9 Å². The highest BCUT2D eigenvalue weighted by Crippen LogP contribution is 2.33. The van der Waals surface area contributed by atoms with Gasteiger partial charge < -0.3 is 4.74 Å². The van der Waals surface area contributed by atoms with E-state index in [0.29, 0.717) is 27.2 Å². The summed E-state index contributed by atoms with van der Waals surface area (Å²) >= 11 is 7.31. The molecule has 4 aromatic rings. The van der Waals surface area contributed by atoms with E-state index in [2.05, 4.69) is 21.3 Å². The van der Waals surface area contributed by atoms with Gasteiger partial charge in [-0.05, 0) is 61.0 Å². The molecule has 1 aromatic heterocycles. The highest BCUT2D eigenvalue weighted by atomic mass is 35.5. The maximum Gasteiger partial charge on any atom is 0.343 e. The number of azo groups is 1. The van der Waals surface area contributed by atoms with Crippen LogP contribution in [0.25, 0.3) is 10.2 Å². The van der Waals surface area contributed by atoms with Gasteiger partial charge in [-0.3, -0.25) is 0 Å². The Morgan fingerprint density at radius 1 is 1.04 bits per heavy atom. The van der Waals surface area contributed by atoms with E-state index < -0.39 is 5.97 Å². The van der Waals surface area contributed by atoms with Crippen LogP contribution in [-0.4, -0.2) is 11.0 Å². The summed E-state index contributed by atoms with van der Waals surface area (Å²) in [6.45, 7) is 2.03. The van der Waals surface area contributed by atoms with Crippen LogP contribution >= 0.6 is 22.9 Å². The average Bonchev–Trinajstić information content (AvgIpc) is 3.09. The Bertz CT molecular complexity index is 1190. The van der Waals surface area contributed by atoms with Crippen molar-refractivity contribution in [3.63, 3.8) is 0 Å². The van der Waals surface area contributed by atoms with Crippen molar-refractivity contribution < 1.29 is 9.53 Å². The van der Waals surface area contributed by atoms with Crippen molar-refractivity contribution in [3.05, 3.63) is 82.9 Å². The maximum absolute atomic E-state index is 12.4. The summed E-state index contributed by atoms with van der Waals surface area (Å²) in [5, 5.41) is 9.54. The Labute approximate surface area is 170 Å². The standard InChI is InChI=1S/C21H14ClN3O2S/c1-13-6-11-17-19(12-13)28-21(23-17)25-24-16-4-2-3-5-18(16)27-20(26)14-7-9-15(22)10-8-14/h2-12H,1H3. The lowest BCUT2D eigenvalue weighted by molar-refractivity contribution is 0.0735. The number of carbonyl (C=O) groups excluding carboxylic acids is 1. The summed E-state index contributed by atoms with van der Waals surface area (Å²) < 4.78 is 6.53. The SMILES string of the molecule is Cc1ccc2nc(N=Nc3ccccc3OC(=O)c3ccc(Cl)cc3)sc2c1. The first-order valence-electron chi connectivity index (χ1n) is 8.44. The highest BCUT2D eigenvalue weighted by Gasteiger charge is 2.12. The zero-order valence-electron chi connectivity index (χ0n) is 14.8. The van der Waals surface area contributed by atoms with Gasteiger partial charge in [0.05, 0.1) is 15.8 Å². The smallest absolute Gasteiger partial charge is 0.343 e. The minimum atomic E-state index is -0.491. The van der Waals surface area contributed by atoms with E-state index in [1.54, 1.807) is 48.5 Å². The number of rotatable bonds is 4. The topological polar surface area (TPSA) is 63.9 Å². The van der Waals surface area contributed by atoms with Crippen LogP contribution in [0.2, 0.25) is 5.02 Å². The van der Waals surface area contributed by atoms with Gasteiger partial charge in [0.25, 0.3) is 0 Å². The van der Waals surface area contributed by atoms with E-state index in [0.717, 1.165) is 10.2 Å². The van der Waals surface area contributed by atoms with Crippen LogP contribution in [0.3, 0.4) is 0 Å². The Morgan fingerprint density at radius 3 is 2.64 bits per heavy atom. The second-order valence-corrected chi connectivity index (χ2v) is 7.48. The molecule has 1 heterocycles. The van der Waals surface area contributed by atoms with Crippen LogP contribution < -0.4 is 4.74 Å². The third-order valence-corrected chi connectivity index (χ3v) is 5.08. The molecule has 138 valence electrons. The van der Waals surface area contributed by atoms with Gasteiger partial charge in [0.2, 0.25) is 5.13 Å². The van der Waals surface area contributed by atoms with E-state index in [-0.39, 0.29) is 0 Å². The first-order chi connectivity index (χ1) is 13.6. The molecule has 0 bridgehead atoms. The second kappa shape index (κ2) is 7.88. The fourth-order valence-corrected chi connectivity index (χ4v) is 3.54. The largest absolute Gasteiger partial charge is 0.421 e. The monoisotopic (exact) mass is 407 g/mol. The number of benzene rings is 3. The van der Waals surface area contributed by atoms with Crippen molar-refractivity contribution in [3.8, 4) is 5.75 Å². The van der Waals surface area contributed by atoms with Crippen LogP contribution in [0.1, 0.15) is 15.9 Å². The number of thiazole rings is 1. The fourth-order valence-electron chi connectivity index (χ4n) is 2.53. The number of halogens is 1. The Kier molecular flexibility index (Phi) is 5.14. The number of hydrogen-bond donors (Lipinski definition) is 0. The molecule has 7 heteroatoms. The van der Waals surface area contributed by atoms with Gasteiger partial charge in [-0.15, -0.1) is 10.2 Å². The van der Waals surface area contributed by atoms with E-state index in [4.69, 9.17) is 16.3 Å². The molecule has 3 aromatic carbocycles. The number of nitrogens with zero attached hydrogens (tertiary/aromatic N) is 3. The maximum atomic E-state index is 12.4. The van der Waals surface area contributed by atoms with Crippen molar-refractivity contribution in [2.45, 2.75) is 6.92 Å². The van der Waals surface area contributed by atoms with Crippen molar-refractivity contribution in [1.29, 1.82) is 0 Å². The molecule has 0 saturated heterocycles. The van der Waals surface area contributed by atoms with E-state index in [1.807, 2.05) is 19.1 Å². The fraction of sp³-hybridized carbons (Fsp3) is 0.0476. The normalized spacial score (nSPS) is 11.2. The molecule has 0 aliphatic rings. The first kappa shape index (κ1) is 18.3. The third-order valence-electron chi connectivity index (χ3n) is 3.92. The van der Waals surface area contributed by atoms with Gasteiger partial charge in [0.15, 0.2) is 5.75 Å². The molecule has 0 amide bonds. The lowest BCUT2D eigenvalue weighted by atomic mass is 10.2. The van der Waals surface area contributed by atoms with Crippen molar-refractivity contribution in [2.75, 3.05) is 0 Å². The van der Waals surface area contributed by atoms with Gasteiger partial charge in [-0.25, -0.2) is 9.78 Å². The molecule has 0 spiro atoms. The Balaban J connectivity index is 1.57. The summed E-state index contributed by atoms with van der Waals surface area (Å²) in [7, 11) is 0. The number of aryl methyl sites for hydroxylation is 1. The van der Waals surface area contributed by atoms with Gasteiger partial charge in [0.1, 0.15) is 5.69 Å². The van der Waals surface area contributed by atoms with Crippen molar-refractivity contribution in [2.24, 2.45) is 10.2 Å². The minimum Gasteiger partial charge on any atom is -0.421 e. The molecule has 0 radical (unpaired) electrons. The molecule has 5 nitrogen and oxygen atoms in total. The molecule has 0 aliphatic carbocycles. The summed E-state index contributed by atoms with van der Waals surface area (Å²) in [5.74, 6) is -0.169. The van der Waals surface area contributed by atoms with Gasteiger partial charge in [-0.2, -0.15) is 0 Å². The zero-order valence-corrected chi connectivity index (χ0v) is 16.4. The number of hydrogen-bond acceptors (Lipinski definition) is 6. The first-order valence-corrected chi connectivity index (χ1v) is 9.64. The van der Waals surface area contributed by atoms with Crippen molar-refractivity contribution in [1.82, 2.24) is 4.98 Å².